The molecular weight excluding hydrogens is 304 g/mol. The minimum atomic E-state index is -0.529. The fourth-order valence-electron chi connectivity index (χ4n) is 2.79. The lowest BCUT2D eigenvalue weighted by Crippen LogP contribution is -2.44. The highest BCUT2D eigenvalue weighted by molar-refractivity contribution is 6.35. The maximum absolute atomic E-state index is 11.8. The number of nitrogens with zero attached hydrogens (tertiary/aromatic N) is 2. The third kappa shape index (κ3) is 6.28. The van der Waals surface area contributed by atoms with Gasteiger partial charge in [0.15, 0.2) is 0 Å². The van der Waals surface area contributed by atoms with E-state index in [1.165, 1.54) is 5.56 Å². The van der Waals surface area contributed by atoms with E-state index in [1.807, 2.05) is 38.4 Å². The van der Waals surface area contributed by atoms with Crippen LogP contribution in [0.3, 0.4) is 0 Å². The Balaban J connectivity index is 1.64. The lowest BCUT2D eigenvalue weighted by Gasteiger charge is -2.32. The molecule has 0 spiro atoms. The summed E-state index contributed by atoms with van der Waals surface area (Å²) < 4.78 is 0. The predicted molar refractivity (Wildman–Crippen MR) is 93.1 cm³/mol. The molecule has 2 rings (SSSR count). The van der Waals surface area contributed by atoms with E-state index in [2.05, 4.69) is 20.5 Å². The number of amides is 2. The van der Waals surface area contributed by atoms with E-state index in [0.717, 1.165) is 32.5 Å². The van der Waals surface area contributed by atoms with Crippen LogP contribution in [-0.2, 0) is 16.1 Å². The first-order chi connectivity index (χ1) is 11.5. The number of aromatic nitrogens is 1. The molecule has 24 heavy (non-hydrogen) atoms. The van der Waals surface area contributed by atoms with Crippen molar-refractivity contribution in [3.8, 4) is 0 Å². The maximum Gasteiger partial charge on any atom is 0.309 e. The van der Waals surface area contributed by atoms with Crippen LogP contribution in [0, 0.1) is 11.8 Å². The van der Waals surface area contributed by atoms with Crippen LogP contribution in [0.5, 0.6) is 0 Å². The van der Waals surface area contributed by atoms with Gasteiger partial charge >= 0.3 is 11.8 Å². The Morgan fingerprint density at radius 3 is 2.42 bits per heavy atom. The monoisotopic (exact) mass is 332 g/mol. The van der Waals surface area contributed by atoms with E-state index in [9.17, 15) is 9.59 Å². The van der Waals surface area contributed by atoms with Crippen molar-refractivity contribution < 1.29 is 9.59 Å². The first-order valence-electron chi connectivity index (χ1n) is 8.72. The van der Waals surface area contributed by atoms with Crippen molar-refractivity contribution in [2.24, 2.45) is 11.8 Å². The van der Waals surface area contributed by atoms with Crippen molar-refractivity contribution in [3.05, 3.63) is 30.1 Å². The van der Waals surface area contributed by atoms with Crippen LogP contribution in [0.2, 0.25) is 0 Å². The Hall–Kier alpha value is -1.95. The summed E-state index contributed by atoms with van der Waals surface area (Å²) in [5, 5.41) is 5.40. The lowest BCUT2D eigenvalue weighted by molar-refractivity contribution is -0.139. The van der Waals surface area contributed by atoms with Gasteiger partial charge in [-0.15, -0.1) is 0 Å². The Bertz CT molecular complexity index is 525. The summed E-state index contributed by atoms with van der Waals surface area (Å²) in [6.07, 6.45) is 5.72. The number of carbonyl (C=O) groups is 2. The number of carbonyl (C=O) groups excluding carboxylic acids is 2. The molecule has 0 atom stereocenters. The SMILES string of the molecule is CC(C)CNC(=O)C(=O)NCC1CCN(Cc2ccncc2)CC1. The van der Waals surface area contributed by atoms with Crippen molar-refractivity contribution in [2.75, 3.05) is 26.2 Å². The predicted octanol–water partition coefficient (Wildman–Crippen LogP) is 1.18. The second kappa shape index (κ2) is 9.37. The normalized spacial score (nSPS) is 16.1. The smallest absolute Gasteiger partial charge is 0.309 e. The van der Waals surface area contributed by atoms with Gasteiger partial charge < -0.3 is 10.6 Å². The molecule has 0 aliphatic carbocycles. The molecular formula is C18H28N4O2. The van der Waals surface area contributed by atoms with Crippen LogP contribution in [-0.4, -0.2) is 47.9 Å². The zero-order valence-electron chi connectivity index (χ0n) is 14.6. The molecule has 0 unspecified atom stereocenters. The van der Waals surface area contributed by atoms with Gasteiger partial charge in [-0.2, -0.15) is 0 Å². The highest BCUT2D eigenvalue weighted by Gasteiger charge is 2.21. The summed E-state index contributed by atoms with van der Waals surface area (Å²) >= 11 is 0. The zero-order valence-corrected chi connectivity index (χ0v) is 14.6. The van der Waals surface area contributed by atoms with Gasteiger partial charge in [-0.3, -0.25) is 19.5 Å². The van der Waals surface area contributed by atoms with Crippen molar-refractivity contribution in [2.45, 2.75) is 33.2 Å². The number of hydrogen-bond acceptors (Lipinski definition) is 4. The van der Waals surface area contributed by atoms with Gasteiger partial charge in [0.25, 0.3) is 0 Å². The van der Waals surface area contributed by atoms with E-state index in [4.69, 9.17) is 0 Å². The molecule has 0 aromatic carbocycles. The van der Waals surface area contributed by atoms with Crippen molar-refractivity contribution in [3.63, 3.8) is 0 Å². The minimum absolute atomic E-state index is 0.339. The fourth-order valence-corrected chi connectivity index (χ4v) is 2.79. The molecule has 1 fully saturated rings. The number of hydrogen-bond donors (Lipinski definition) is 2. The molecule has 1 aromatic rings. The molecule has 6 heteroatoms. The number of piperidine rings is 1. The van der Waals surface area contributed by atoms with Gasteiger partial charge in [-0.1, -0.05) is 13.8 Å². The largest absolute Gasteiger partial charge is 0.348 e. The molecule has 1 saturated heterocycles. The second-order valence-corrected chi connectivity index (χ2v) is 6.89. The van der Waals surface area contributed by atoms with Gasteiger partial charge in [-0.05, 0) is 55.5 Å². The molecule has 132 valence electrons. The Morgan fingerprint density at radius 2 is 1.79 bits per heavy atom. The van der Waals surface area contributed by atoms with Crippen LogP contribution >= 0.6 is 0 Å². The molecule has 0 bridgehead atoms. The highest BCUT2D eigenvalue weighted by atomic mass is 16.2. The van der Waals surface area contributed by atoms with Gasteiger partial charge in [0.05, 0.1) is 0 Å². The van der Waals surface area contributed by atoms with E-state index >= 15 is 0 Å². The molecule has 1 aliphatic heterocycles. The summed E-state index contributed by atoms with van der Waals surface area (Å²) in [6.45, 7) is 8.08. The standard InChI is InChI=1S/C18H28N4O2/c1-14(2)11-20-17(23)18(24)21-12-15-5-9-22(10-6-15)13-16-3-7-19-8-4-16/h3-4,7-8,14-15H,5-6,9-13H2,1-2H3,(H,20,23)(H,21,24). The minimum Gasteiger partial charge on any atom is -0.348 e. The van der Waals surface area contributed by atoms with Gasteiger partial charge in [-0.25, -0.2) is 0 Å². The average Bonchev–Trinajstić information content (AvgIpc) is 2.59. The van der Waals surface area contributed by atoms with Gasteiger partial charge in [0, 0.05) is 32.0 Å². The first kappa shape index (κ1) is 18.4. The highest BCUT2D eigenvalue weighted by Crippen LogP contribution is 2.18. The quantitative estimate of drug-likeness (QED) is 0.767. The van der Waals surface area contributed by atoms with E-state index in [1.54, 1.807) is 0 Å². The first-order valence-corrected chi connectivity index (χ1v) is 8.72. The number of nitrogens with one attached hydrogen (secondary N) is 2. The zero-order chi connectivity index (χ0) is 17.4. The van der Waals surface area contributed by atoms with Crippen LogP contribution in [0.4, 0.5) is 0 Å². The van der Waals surface area contributed by atoms with Crippen LogP contribution in [0.1, 0.15) is 32.3 Å². The Morgan fingerprint density at radius 1 is 1.17 bits per heavy atom. The van der Waals surface area contributed by atoms with Crippen LogP contribution < -0.4 is 10.6 Å². The Labute approximate surface area is 144 Å². The summed E-state index contributed by atoms with van der Waals surface area (Å²) in [5.74, 6) is -0.263. The fraction of sp³-hybridized carbons (Fsp3) is 0.611. The maximum atomic E-state index is 11.8. The van der Waals surface area contributed by atoms with E-state index in [0.29, 0.717) is 24.9 Å². The summed E-state index contributed by atoms with van der Waals surface area (Å²) in [4.78, 5) is 29.9. The molecule has 0 radical (unpaired) electrons. The molecule has 0 saturated carbocycles. The van der Waals surface area contributed by atoms with Crippen molar-refractivity contribution in [1.82, 2.24) is 20.5 Å². The molecule has 2 amide bonds. The van der Waals surface area contributed by atoms with Gasteiger partial charge in [0.2, 0.25) is 0 Å². The third-order valence-electron chi connectivity index (χ3n) is 4.29. The van der Waals surface area contributed by atoms with E-state index < -0.39 is 11.8 Å². The topological polar surface area (TPSA) is 74.3 Å². The van der Waals surface area contributed by atoms with Gasteiger partial charge in [0.1, 0.15) is 0 Å². The molecule has 1 aliphatic rings. The molecule has 2 heterocycles. The van der Waals surface area contributed by atoms with Crippen molar-refractivity contribution in [1.29, 1.82) is 0 Å². The van der Waals surface area contributed by atoms with Crippen LogP contribution in [0.15, 0.2) is 24.5 Å². The second-order valence-electron chi connectivity index (χ2n) is 6.89. The molecule has 2 N–H and O–H groups in total. The Kier molecular flexibility index (Phi) is 7.18. The van der Waals surface area contributed by atoms with Crippen LogP contribution in [0.25, 0.3) is 0 Å². The summed E-state index contributed by atoms with van der Waals surface area (Å²) in [5.41, 5.74) is 1.28. The van der Waals surface area contributed by atoms with E-state index in [-0.39, 0.29) is 0 Å². The number of pyridine rings is 1. The third-order valence-corrected chi connectivity index (χ3v) is 4.29. The summed E-state index contributed by atoms with van der Waals surface area (Å²) in [7, 11) is 0. The molecule has 1 aromatic heterocycles. The molecule has 6 nitrogen and oxygen atoms in total. The van der Waals surface area contributed by atoms with Crippen molar-refractivity contribution >= 4 is 11.8 Å². The average molecular weight is 332 g/mol. The number of likely N-dealkylation sites (tertiary alicyclic amines) is 1. The summed E-state index contributed by atoms with van der Waals surface area (Å²) in [6, 6.07) is 4.09. The lowest BCUT2D eigenvalue weighted by atomic mass is 9.96. The number of rotatable bonds is 6.